The molecule has 0 spiro atoms. The normalized spacial score (nSPS) is 12.1. The maximum Gasteiger partial charge on any atom is 0.241 e. The molecule has 0 aliphatic rings. The molecule has 0 bridgehead atoms. The average Bonchev–Trinajstić information content (AvgIpc) is 2.44. The van der Waals surface area contributed by atoms with Gasteiger partial charge in [0.2, 0.25) is 10.0 Å². The van der Waals surface area contributed by atoms with Crippen LogP contribution in [-0.4, -0.2) is 39.5 Å². The number of hydrogen-bond donors (Lipinski definition) is 2. The van der Waals surface area contributed by atoms with Gasteiger partial charge in [-0.05, 0) is 46.7 Å². The number of halogens is 1. The molecule has 3 N–H and O–H groups in total. The minimum absolute atomic E-state index is 0.236. The lowest BCUT2D eigenvalue weighted by Gasteiger charge is -2.18. The quantitative estimate of drug-likeness (QED) is 0.734. The highest BCUT2D eigenvalue weighted by molar-refractivity contribution is 9.10. The second-order valence-electron chi connectivity index (χ2n) is 4.39. The largest absolute Gasteiger partial charge is 0.326 e. The lowest BCUT2D eigenvalue weighted by Crippen LogP contribution is -2.35. The molecule has 0 unspecified atom stereocenters. The predicted octanol–water partition coefficient (Wildman–Crippen LogP) is 1.53. The number of rotatable bonds is 8. The summed E-state index contributed by atoms with van der Waals surface area (Å²) in [6.45, 7) is 7.33. The predicted molar refractivity (Wildman–Crippen MR) is 85.0 cm³/mol. The Morgan fingerprint density at radius 2 is 1.95 bits per heavy atom. The van der Waals surface area contributed by atoms with E-state index in [1.165, 1.54) is 0 Å². The fourth-order valence-electron chi connectivity index (χ4n) is 1.84. The van der Waals surface area contributed by atoms with Crippen molar-refractivity contribution in [3.05, 3.63) is 28.2 Å². The molecular formula is C13H22BrN3O2S. The van der Waals surface area contributed by atoms with E-state index < -0.39 is 10.0 Å². The van der Waals surface area contributed by atoms with Gasteiger partial charge in [-0.3, -0.25) is 0 Å². The van der Waals surface area contributed by atoms with Crippen molar-refractivity contribution in [1.29, 1.82) is 0 Å². The van der Waals surface area contributed by atoms with E-state index in [9.17, 15) is 8.42 Å². The number of nitrogens with zero attached hydrogens (tertiary/aromatic N) is 1. The molecule has 114 valence electrons. The van der Waals surface area contributed by atoms with Crippen LogP contribution in [0.3, 0.4) is 0 Å². The molecule has 5 nitrogen and oxygen atoms in total. The molecule has 0 radical (unpaired) electrons. The number of nitrogens with one attached hydrogen (secondary N) is 1. The van der Waals surface area contributed by atoms with Crippen LogP contribution in [0.15, 0.2) is 27.6 Å². The van der Waals surface area contributed by atoms with Crippen LogP contribution >= 0.6 is 15.9 Å². The second kappa shape index (κ2) is 8.09. The van der Waals surface area contributed by atoms with E-state index in [2.05, 4.69) is 39.4 Å². The maximum absolute atomic E-state index is 12.3. The molecule has 0 aliphatic heterocycles. The van der Waals surface area contributed by atoms with E-state index in [1.54, 1.807) is 18.2 Å². The average molecular weight is 364 g/mol. The van der Waals surface area contributed by atoms with E-state index in [4.69, 9.17) is 5.73 Å². The van der Waals surface area contributed by atoms with Crippen molar-refractivity contribution in [2.24, 2.45) is 5.73 Å². The van der Waals surface area contributed by atoms with Crippen molar-refractivity contribution in [3.63, 3.8) is 0 Å². The van der Waals surface area contributed by atoms with Gasteiger partial charge in [-0.1, -0.05) is 19.9 Å². The number of nitrogens with two attached hydrogens (primary N) is 1. The van der Waals surface area contributed by atoms with Gasteiger partial charge >= 0.3 is 0 Å². The molecule has 0 heterocycles. The summed E-state index contributed by atoms with van der Waals surface area (Å²) in [6.07, 6.45) is 0. The topological polar surface area (TPSA) is 75.4 Å². The number of sulfonamides is 1. The van der Waals surface area contributed by atoms with Crippen LogP contribution < -0.4 is 10.5 Å². The van der Waals surface area contributed by atoms with Crippen molar-refractivity contribution in [1.82, 2.24) is 9.62 Å². The minimum Gasteiger partial charge on any atom is -0.326 e. The summed E-state index contributed by atoms with van der Waals surface area (Å²) in [5.74, 6) is 0. The van der Waals surface area contributed by atoms with Crippen molar-refractivity contribution in [2.75, 3.05) is 26.2 Å². The molecule has 7 heteroatoms. The molecule has 1 aromatic rings. The van der Waals surface area contributed by atoms with Gasteiger partial charge in [0.25, 0.3) is 0 Å². The van der Waals surface area contributed by atoms with Crippen LogP contribution in [0.2, 0.25) is 0 Å². The first-order chi connectivity index (χ1) is 9.44. The van der Waals surface area contributed by atoms with Crippen LogP contribution in [-0.2, 0) is 16.6 Å². The molecule has 0 aromatic heterocycles. The van der Waals surface area contributed by atoms with E-state index in [0.717, 1.165) is 18.7 Å². The summed E-state index contributed by atoms with van der Waals surface area (Å²) in [4.78, 5) is 2.40. The first-order valence-corrected chi connectivity index (χ1v) is 8.92. The highest BCUT2D eigenvalue weighted by Crippen LogP contribution is 2.22. The Kier molecular flexibility index (Phi) is 7.11. The van der Waals surface area contributed by atoms with Crippen LogP contribution in [0.4, 0.5) is 0 Å². The molecular weight excluding hydrogens is 342 g/mol. The van der Waals surface area contributed by atoms with Crippen molar-refractivity contribution in [2.45, 2.75) is 25.3 Å². The van der Waals surface area contributed by atoms with Gasteiger partial charge in [0.05, 0.1) is 4.90 Å². The van der Waals surface area contributed by atoms with Crippen LogP contribution in [0.5, 0.6) is 0 Å². The summed E-state index contributed by atoms with van der Waals surface area (Å²) < 4.78 is 27.7. The first-order valence-electron chi connectivity index (χ1n) is 6.65. The van der Waals surface area contributed by atoms with Crippen LogP contribution in [0.25, 0.3) is 0 Å². The van der Waals surface area contributed by atoms with Gasteiger partial charge in [0.15, 0.2) is 0 Å². The number of benzene rings is 1. The molecule has 0 aliphatic carbocycles. The third kappa shape index (κ3) is 4.82. The maximum atomic E-state index is 12.3. The van der Waals surface area contributed by atoms with Gasteiger partial charge in [0, 0.05) is 24.1 Å². The van der Waals surface area contributed by atoms with Crippen molar-refractivity contribution in [3.8, 4) is 0 Å². The monoisotopic (exact) mass is 363 g/mol. The summed E-state index contributed by atoms with van der Waals surface area (Å²) in [5, 5.41) is 0. The summed E-state index contributed by atoms with van der Waals surface area (Å²) in [6, 6.07) is 5.12. The molecule has 0 fully saturated rings. The Morgan fingerprint density at radius 1 is 1.30 bits per heavy atom. The lowest BCUT2D eigenvalue weighted by molar-refractivity contribution is 0.309. The van der Waals surface area contributed by atoms with Crippen molar-refractivity contribution < 1.29 is 8.42 Å². The Labute approximate surface area is 129 Å². The Bertz CT molecular complexity index is 530. The zero-order chi connectivity index (χ0) is 15.2. The van der Waals surface area contributed by atoms with E-state index in [1.807, 2.05) is 0 Å². The fourth-order valence-corrected chi connectivity index (χ4v) is 3.87. The molecule has 0 saturated heterocycles. The highest BCUT2D eigenvalue weighted by atomic mass is 79.9. The van der Waals surface area contributed by atoms with E-state index in [0.29, 0.717) is 24.1 Å². The SMILES string of the molecule is CCN(CC)CCNS(=O)(=O)c1cc(CN)ccc1Br. The Morgan fingerprint density at radius 3 is 2.50 bits per heavy atom. The number of likely N-dealkylation sites (N-methyl/N-ethyl adjacent to an activating group) is 1. The van der Waals surface area contributed by atoms with Gasteiger partial charge in [-0.2, -0.15) is 0 Å². The highest BCUT2D eigenvalue weighted by Gasteiger charge is 2.17. The fraction of sp³-hybridized carbons (Fsp3) is 0.538. The van der Waals surface area contributed by atoms with E-state index in [-0.39, 0.29) is 4.90 Å². The zero-order valence-corrected chi connectivity index (χ0v) is 14.3. The Balaban J connectivity index is 2.78. The van der Waals surface area contributed by atoms with Gasteiger partial charge in [-0.25, -0.2) is 13.1 Å². The van der Waals surface area contributed by atoms with Crippen molar-refractivity contribution >= 4 is 26.0 Å². The Hall–Kier alpha value is -0.470. The summed E-state index contributed by atoms with van der Waals surface area (Å²) in [7, 11) is -3.51. The third-order valence-corrected chi connectivity index (χ3v) is 5.59. The molecule has 1 rings (SSSR count). The van der Waals surface area contributed by atoms with Gasteiger partial charge < -0.3 is 10.6 Å². The van der Waals surface area contributed by atoms with Crippen LogP contribution in [0.1, 0.15) is 19.4 Å². The molecule has 20 heavy (non-hydrogen) atoms. The van der Waals surface area contributed by atoms with Gasteiger partial charge in [-0.15, -0.1) is 0 Å². The number of hydrogen-bond acceptors (Lipinski definition) is 4. The van der Waals surface area contributed by atoms with E-state index >= 15 is 0 Å². The second-order valence-corrected chi connectivity index (χ2v) is 6.98. The standard InChI is InChI=1S/C13H22BrN3O2S/c1-3-17(4-2)8-7-16-20(18,19)13-9-11(10-15)5-6-12(13)14/h5-6,9,16H,3-4,7-8,10,15H2,1-2H3. The molecule has 0 amide bonds. The van der Waals surface area contributed by atoms with Crippen LogP contribution in [0, 0.1) is 0 Å². The van der Waals surface area contributed by atoms with Gasteiger partial charge in [0.1, 0.15) is 0 Å². The first kappa shape index (κ1) is 17.6. The molecule has 0 saturated carbocycles. The minimum atomic E-state index is -3.51. The zero-order valence-electron chi connectivity index (χ0n) is 11.9. The lowest BCUT2D eigenvalue weighted by atomic mass is 10.2. The smallest absolute Gasteiger partial charge is 0.241 e. The summed E-state index contributed by atoms with van der Waals surface area (Å²) in [5.41, 5.74) is 6.34. The molecule has 1 aromatic carbocycles. The third-order valence-electron chi connectivity index (χ3n) is 3.14. The molecule has 0 atom stereocenters. The summed E-state index contributed by atoms with van der Waals surface area (Å²) >= 11 is 3.27.